The van der Waals surface area contributed by atoms with Gasteiger partial charge in [-0.05, 0) is 37.8 Å². The molecule has 1 aromatic carbocycles. The molecule has 5 nitrogen and oxygen atoms in total. The normalized spacial score (nSPS) is 18.0. The van der Waals surface area contributed by atoms with Crippen LogP contribution >= 0.6 is 0 Å². The van der Waals surface area contributed by atoms with Gasteiger partial charge < -0.3 is 9.72 Å². The lowest BCUT2D eigenvalue weighted by molar-refractivity contribution is 0.152. The SMILES string of the molecule is CCc1c(C)nc(-c2ccc(CN3CCC(COC)C3)cc2)[nH]c1=O. The standard InChI is InChI=1S/C20H27N3O2/c1-4-18-14(2)21-19(22-20(18)24)17-7-5-15(6-8-17)11-23-10-9-16(12-23)13-25-3/h5-8,16H,4,9-13H2,1-3H3,(H,21,22,24). The molecule has 2 heterocycles. The number of aryl methyl sites for hydroxylation is 1. The monoisotopic (exact) mass is 341 g/mol. The molecule has 0 bridgehead atoms. The van der Waals surface area contributed by atoms with E-state index >= 15 is 0 Å². The summed E-state index contributed by atoms with van der Waals surface area (Å²) in [7, 11) is 1.77. The van der Waals surface area contributed by atoms with E-state index in [2.05, 4.69) is 27.0 Å². The van der Waals surface area contributed by atoms with Crippen molar-refractivity contribution in [3.8, 4) is 11.4 Å². The molecule has 25 heavy (non-hydrogen) atoms. The molecule has 0 aliphatic carbocycles. The van der Waals surface area contributed by atoms with E-state index in [0.717, 1.165) is 43.1 Å². The molecule has 134 valence electrons. The van der Waals surface area contributed by atoms with Gasteiger partial charge in [-0.15, -0.1) is 0 Å². The Kier molecular flexibility index (Phi) is 5.66. The third-order valence-corrected chi connectivity index (χ3v) is 4.98. The summed E-state index contributed by atoms with van der Waals surface area (Å²) in [6, 6.07) is 8.34. The number of benzene rings is 1. The minimum Gasteiger partial charge on any atom is -0.384 e. The predicted molar refractivity (Wildman–Crippen MR) is 99.7 cm³/mol. The molecule has 0 amide bonds. The highest BCUT2D eigenvalue weighted by Crippen LogP contribution is 2.21. The molecule has 1 aromatic heterocycles. The first-order valence-corrected chi connectivity index (χ1v) is 9.01. The second-order valence-corrected chi connectivity index (χ2v) is 6.87. The Morgan fingerprint density at radius 1 is 1.32 bits per heavy atom. The zero-order valence-electron chi connectivity index (χ0n) is 15.3. The Morgan fingerprint density at radius 2 is 2.08 bits per heavy atom. The van der Waals surface area contributed by atoms with Crippen LogP contribution in [0.5, 0.6) is 0 Å². The summed E-state index contributed by atoms with van der Waals surface area (Å²) in [5.41, 5.74) is 3.78. The minimum atomic E-state index is -0.0321. The van der Waals surface area contributed by atoms with Crippen molar-refractivity contribution in [2.24, 2.45) is 5.92 Å². The number of nitrogens with one attached hydrogen (secondary N) is 1. The van der Waals surface area contributed by atoms with Gasteiger partial charge >= 0.3 is 0 Å². The summed E-state index contributed by atoms with van der Waals surface area (Å²) in [4.78, 5) is 22.1. The van der Waals surface area contributed by atoms with Crippen LogP contribution < -0.4 is 5.56 Å². The van der Waals surface area contributed by atoms with Crippen molar-refractivity contribution >= 4 is 0 Å². The molecular weight excluding hydrogens is 314 g/mol. The number of aromatic amines is 1. The van der Waals surface area contributed by atoms with Gasteiger partial charge in [0.2, 0.25) is 0 Å². The van der Waals surface area contributed by atoms with Gasteiger partial charge in [-0.2, -0.15) is 0 Å². The van der Waals surface area contributed by atoms with Crippen LogP contribution in [0.15, 0.2) is 29.1 Å². The third kappa shape index (κ3) is 4.17. The molecule has 1 saturated heterocycles. The van der Waals surface area contributed by atoms with Crippen molar-refractivity contribution in [1.29, 1.82) is 0 Å². The highest BCUT2D eigenvalue weighted by Gasteiger charge is 2.22. The fourth-order valence-corrected chi connectivity index (χ4v) is 3.62. The van der Waals surface area contributed by atoms with E-state index in [1.807, 2.05) is 26.0 Å². The number of nitrogens with zero attached hydrogens (tertiary/aromatic N) is 2. The van der Waals surface area contributed by atoms with Crippen molar-refractivity contribution in [1.82, 2.24) is 14.9 Å². The highest BCUT2D eigenvalue weighted by atomic mass is 16.5. The lowest BCUT2D eigenvalue weighted by Crippen LogP contribution is -2.21. The number of ether oxygens (including phenoxy) is 1. The van der Waals surface area contributed by atoms with Crippen LogP contribution in [0.4, 0.5) is 0 Å². The average molecular weight is 341 g/mol. The van der Waals surface area contributed by atoms with Gasteiger partial charge in [0.25, 0.3) is 5.56 Å². The summed E-state index contributed by atoms with van der Waals surface area (Å²) >= 11 is 0. The second kappa shape index (κ2) is 7.93. The van der Waals surface area contributed by atoms with Crippen LogP contribution in [0.2, 0.25) is 0 Å². The molecule has 1 aliphatic rings. The Morgan fingerprint density at radius 3 is 2.72 bits per heavy atom. The molecule has 1 N–H and O–H groups in total. The molecule has 3 rings (SSSR count). The Labute approximate surface area is 149 Å². The molecule has 1 aliphatic heterocycles. The second-order valence-electron chi connectivity index (χ2n) is 6.87. The maximum atomic E-state index is 12.1. The highest BCUT2D eigenvalue weighted by molar-refractivity contribution is 5.55. The van der Waals surface area contributed by atoms with Gasteiger partial charge in [0.1, 0.15) is 5.82 Å². The summed E-state index contributed by atoms with van der Waals surface area (Å²) in [6.07, 6.45) is 1.91. The maximum Gasteiger partial charge on any atom is 0.254 e. The summed E-state index contributed by atoms with van der Waals surface area (Å²) in [6.45, 7) is 7.91. The lowest BCUT2D eigenvalue weighted by atomic mass is 10.1. The van der Waals surface area contributed by atoms with E-state index in [-0.39, 0.29) is 5.56 Å². The number of H-pyrrole nitrogens is 1. The van der Waals surface area contributed by atoms with E-state index in [0.29, 0.717) is 18.2 Å². The molecule has 0 saturated carbocycles. The minimum absolute atomic E-state index is 0.0321. The quantitative estimate of drug-likeness (QED) is 0.878. The van der Waals surface area contributed by atoms with Crippen LogP contribution in [-0.2, 0) is 17.7 Å². The van der Waals surface area contributed by atoms with Crippen molar-refractivity contribution in [2.75, 3.05) is 26.8 Å². The fraction of sp³-hybridized carbons (Fsp3) is 0.500. The van der Waals surface area contributed by atoms with Crippen molar-refractivity contribution in [3.63, 3.8) is 0 Å². The number of likely N-dealkylation sites (tertiary alicyclic amines) is 1. The first kappa shape index (κ1) is 17.8. The van der Waals surface area contributed by atoms with Crippen molar-refractivity contribution in [3.05, 3.63) is 51.4 Å². The van der Waals surface area contributed by atoms with Crippen molar-refractivity contribution < 1.29 is 4.74 Å². The molecule has 1 fully saturated rings. The molecular formula is C20H27N3O2. The van der Waals surface area contributed by atoms with Crippen LogP contribution in [0.25, 0.3) is 11.4 Å². The summed E-state index contributed by atoms with van der Waals surface area (Å²) in [5, 5.41) is 0. The smallest absolute Gasteiger partial charge is 0.254 e. The number of hydrogen-bond acceptors (Lipinski definition) is 4. The van der Waals surface area contributed by atoms with E-state index in [4.69, 9.17) is 4.74 Å². The number of methoxy groups -OCH3 is 1. The first-order valence-electron chi connectivity index (χ1n) is 9.01. The van der Waals surface area contributed by atoms with Crippen LogP contribution in [0.1, 0.15) is 30.2 Å². The van der Waals surface area contributed by atoms with E-state index in [9.17, 15) is 4.79 Å². The van der Waals surface area contributed by atoms with Crippen LogP contribution in [-0.4, -0.2) is 41.7 Å². The van der Waals surface area contributed by atoms with Gasteiger partial charge in [0, 0.05) is 37.0 Å². The molecule has 0 spiro atoms. The fourth-order valence-electron chi connectivity index (χ4n) is 3.62. The predicted octanol–water partition coefficient (Wildman–Crippen LogP) is 2.78. The van der Waals surface area contributed by atoms with Gasteiger partial charge in [-0.25, -0.2) is 4.98 Å². The zero-order chi connectivity index (χ0) is 17.8. The van der Waals surface area contributed by atoms with Gasteiger partial charge in [0.15, 0.2) is 0 Å². The third-order valence-electron chi connectivity index (χ3n) is 4.98. The first-order chi connectivity index (χ1) is 12.1. The van der Waals surface area contributed by atoms with Crippen LogP contribution in [0.3, 0.4) is 0 Å². The summed E-state index contributed by atoms with van der Waals surface area (Å²) in [5.74, 6) is 1.30. The van der Waals surface area contributed by atoms with Gasteiger partial charge in [-0.1, -0.05) is 31.2 Å². The topological polar surface area (TPSA) is 58.2 Å². The molecule has 5 heteroatoms. The average Bonchev–Trinajstić information content (AvgIpc) is 3.03. The Bertz CT molecular complexity index is 768. The number of hydrogen-bond donors (Lipinski definition) is 1. The van der Waals surface area contributed by atoms with Crippen LogP contribution in [0, 0.1) is 12.8 Å². The van der Waals surface area contributed by atoms with Gasteiger partial charge in [-0.3, -0.25) is 9.69 Å². The molecule has 2 aromatic rings. The lowest BCUT2D eigenvalue weighted by Gasteiger charge is -2.16. The maximum absolute atomic E-state index is 12.1. The molecule has 1 unspecified atom stereocenters. The number of rotatable bonds is 6. The molecule has 1 atom stereocenters. The molecule has 0 radical (unpaired) electrons. The number of aromatic nitrogens is 2. The largest absolute Gasteiger partial charge is 0.384 e. The Balaban J connectivity index is 1.70. The summed E-state index contributed by atoms with van der Waals surface area (Å²) < 4.78 is 5.26. The van der Waals surface area contributed by atoms with Gasteiger partial charge in [0.05, 0.1) is 6.61 Å². The van der Waals surface area contributed by atoms with E-state index < -0.39 is 0 Å². The Hall–Kier alpha value is -1.98. The van der Waals surface area contributed by atoms with E-state index in [1.54, 1.807) is 7.11 Å². The van der Waals surface area contributed by atoms with E-state index in [1.165, 1.54) is 12.0 Å². The zero-order valence-corrected chi connectivity index (χ0v) is 15.3. The van der Waals surface area contributed by atoms with Crippen molar-refractivity contribution in [2.45, 2.75) is 33.2 Å².